The Bertz CT molecular complexity index is 316. The lowest BCUT2D eigenvalue weighted by Gasteiger charge is -2.26. The molecule has 2 N–H and O–H groups in total. The summed E-state index contributed by atoms with van der Waals surface area (Å²) in [6.45, 7) is 0.631. The topological polar surface area (TPSA) is 29.3 Å². The zero-order chi connectivity index (χ0) is 10.7. The highest BCUT2D eigenvalue weighted by atomic mass is 15.1. The third-order valence-corrected chi connectivity index (χ3v) is 3.43. The summed E-state index contributed by atoms with van der Waals surface area (Å²) in [5.74, 6) is 0. The van der Waals surface area contributed by atoms with Gasteiger partial charge in [-0.05, 0) is 30.5 Å². The van der Waals surface area contributed by atoms with Gasteiger partial charge in [-0.15, -0.1) is 0 Å². The summed E-state index contributed by atoms with van der Waals surface area (Å²) in [5, 5.41) is 0. The van der Waals surface area contributed by atoms with E-state index in [-0.39, 0.29) is 0 Å². The van der Waals surface area contributed by atoms with Crippen molar-refractivity contribution in [2.24, 2.45) is 5.73 Å². The Morgan fingerprint density at radius 1 is 1.33 bits per heavy atom. The average Bonchev–Trinajstić information content (AvgIpc) is 2.81. The Morgan fingerprint density at radius 3 is 2.73 bits per heavy atom. The normalized spacial score (nSPS) is 16.9. The quantitative estimate of drug-likeness (QED) is 0.819. The highest BCUT2D eigenvalue weighted by Gasteiger charge is 2.19. The minimum atomic E-state index is 0.631. The summed E-state index contributed by atoms with van der Waals surface area (Å²) in [4.78, 5) is 2.41. The van der Waals surface area contributed by atoms with Crippen molar-refractivity contribution in [2.75, 3.05) is 11.9 Å². The average molecular weight is 204 g/mol. The highest BCUT2D eigenvalue weighted by Crippen LogP contribution is 2.27. The molecular formula is C13H20N2. The molecule has 2 nitrogen and oxygen atoms in total. The molecular weight excluding hydrogens is 184 g/mol. The molecule has 0 spiro atoms. The van der Waals surface area contributed by atoms with Gasteiger partial charge in [0, 0.05) is 25.3 Å². The molecule has 1 fully saturated rings. The van der Waals surface area contributed by atoms with E-state index in [0.29, 0.717) is 6.54 Å². The summed E-state index contributed by atoms with van der Waals surface area (Å²) in [6.07, 6.45) is 5.43. The number of nitrogens with two attached hydrogens (primary N) is 1. The van der Waals surface area contributed by atoms with Gasteiger partial charge in [-0.25, -0.2) is 0 Å². The van der Waals surface area contributed by atoms with Crippen LogP contribution in [-0.2, 0) is 6.54 Å². The molecule has 0 atom stereocenters. The maximum atomic E-state index is 5.65. The first-order valence-electron chi connectivity index (χ1n) is 5.83. The van der Waals surface area contributed by atoms with Crippen LogP contribution >= 0.6 is 0 Å². The van der Waals surface area contributed by atoms with Gasteiger partial charge in [-0.1, -0.05) is 25.0 Å². The summed E-state index contributed by atoms with van der Waals surface area (Å²) in [7, 11) is 2.20. The van der Waals surface area contributed by atoms with Gasteiger partial charge in [0.1, 0.15) is 0 Å². The van der Waals surface area contributed by atoms with Gasteiger partial charge in [0.2, 0.25) is 0 Å². The number of anilines is 1. The van der Waals surface area contributed by atoms with Crippen LogP contribution in [0.2, 0.25) is 0 Å². The first kappa shape index (κ1) is 10.5. The number of rotatable bonds is 3. The predicted octanol–water partition coefficient (Wildman–Crippen LogP) is 2.52. The lowest BCUT2D eigenvalue weighted by Crippen LogP contribution is -2.28. The monoisotopic (exact) mass is 204 g/mol. The molecule has 1 aromatic rings. The van der Waals surface area contributed by atoms with Gasteiger partial charge >= 0.3 is 0 Å². The molecule has 15 heavy (non-hydrogen) atoms. The minimum absolute atomic E-state index is 0.631. The molecule has 1 aliphatic rings. The lowest BCUT2D eigenvalue weighted by atomic mass is 10.1. The number of hydrogen-bond acceptors (Lipinski definition) is 2. The Balaban J connectivity index is 2.13. The van der Waals surface area contributed by atoms with Gasteiger partial charge in [-0.2, -0.15) is 0 Å². The smallest absolute Gasteiger partial charge is 0.0369 e. The molecule has 0 amide bonds. The predicted molar refractivity (Wildman–Crippen MR) is 65.0 cm³/mol. The van der Waals surface area contributed by atoms with E-state index in [9.17, 15) is 0 Å². The van der Waals surface area contributed by atoms with Gasteiger partial charge in [0.25, 0.3) is 0 Å². The molecule has 0 unspecified atom stereocenters. The van der Waals surface area contributed by atoms with Gasteiger partial charge < -0.3 is 10.6 Å². The molecule has 0 saturated heterocycles. The molecule has 0 heterocycles. The van der Waals surface area contributed by atoms with E-state index < -0.39 is 0 Å². The summed E-state index contributed by atoms with van der Waals surface area (Å²) in [6, 6.07) is 9.31. The fourth-order valence-corrected chi connectivity index (χ4v) is 2.41. The minimum Gasteiger partial charge on any atom is -0.372 e. The Morgan fingerprint density at radius 2 is 2.07 bits per heavy atom. The first-order chi connectivity index (χ1) is 7.31. The second-order valence-electron chi connectivity index (χ2n) is 4.42. The van der Waals surface area contributed by atoms with E-state index >= 15 is 0 Å². The van der Waals surface area contributed by atoms with E-state index in [1.807, 2.05) is 0 Å². The van der Waals surface area contributed by atoms with E-state index in [4.69, 9.17) is 5.73 Å². The van der Waals surface area contributed by atoms with E-state index in [2.05, 4.69) is 36.2 Å². The SMILES string of the molecule is CN(c1cccc(CN)c1)C1CCCC1. The van der Waals surface area contributed by atoms with Gasteiger partial charge in [0.05, 0.1) is 0 Å². The van der Waals surface area contributed by atoms with Crippen molar-refractivity contribution in [3.8, 4) is 0 Å². The van der Waals surface area contributed by atoms with Crippen LogP contribution in [0.25, 0.3) is 0 Å². The summed E-state index contributed by atoms with van der Waals surface area (Å²) >= 11 is 0. The number of benzene rings is 1. The van der Waals surface area contributed by atoms with Gasteiger partial charge in [0.15, 0.2) is 0 Å². The third kappa shape index (κ3) is 2.32. The largest absolute Gasteiger partial charge is 0.372 e. The maximum absolute atomic E-state index is 5.65. The molecule has 1 aromatic carbocycles. The van der Waals surface area contributed by atoms with Crippen LogP contribution < -0.4 is 10.6 Å². The third-order valence-electron chi connectivity index (χ3n) is 3.43. The maximum Gasteiger partial charge on any atom is 0.0369 e. The Hall–Kier alpha value is -1.02. The molecule has 0 aliphatic heterocycles. The van der Waals surface area contributed by atoms with E-state index in [1.165, 1.54) is 36.9 Å². The first-order valence-corrected chi connectivity index (χ1v) is 5.83. The van der Waals surface area contributed by atoms with Crippen LogP contribution in [0.15, 0.2) is 24.3 Å². The van der Waals surface area contributed by atoms with Crippen molar-refractivity contribution < 1.29 is 0 Å². The van der Waals surface area contributed by atoms with Crippen molar-refractivity contribution in [3.05, 3.63) is 29.8 Å². The second kappa shape index (κ2) is 4.67. The molecule has 1 aliphatic carbocycles. The van der Waals surface area contributed by atoms with Crippen molar-refractivity contribution in [1.29, 1.82) is 0 Å². The summed E-state index contributed by atoms with van der Waals surface area (Å²) in [5.41, 5.74) is 8.18. The standard InChI is InChI=1S/C13H20N2/c1-15(12-6-2-3-7-12)13-8-4-5-11(9-13)10-14/h4-5,8-9,12H,2-3,6-7,10,14H2,1H3. The molecule has 0 radical (unpaired) electrons. The van der Waals surface area contributed by atoms with Crippen molar-refractivity contribution in [2.45, 2.75) is 38.3 Å². The molecule has 1 saturated carbocycles. The molecule has 2 rings (SSSR count). The Kier molecular flexibility index (Phi) is 3.27. The van der Waals surface area contributed by atoms with Crippen LogP contribution in [0.4, 0.5) is 5.69 Å². The van der Waals surface area contributed by atoms with Crippen LogP contribution in [0.3, 0.4) is 0 Å². The van der Waals surface area contributed by atoms with E-state index in [1.54, 1.807) is 0 Å². The fourth-order valence-electron chi connectivity index (χ4n) is 2.41. The van der Waals surface area contributed by atoms with E-state index in [0.717, 1.165) is 6.04 Å². The Labute approximate surface area is 92.1 Å². The zero-order valence-corrected chi connectivity index (χ0v) is 9.45. The highest BCUT2D eigenvalue weighted by molar-refractivity contribution is 5.49. The molecule has 82 valence electrons. The second-order valence-corrected chi connectivity index (χ2v) is 4.42. The molecule has 0 bridgehead atoms. The molecule has 0 aromatic heterocycles. The van der Waals surface area contributed by atoms with Crippen molar-refractivity contribution >= 4 is 5.69 Å². The van der Waals surface area contributed by atoms with Crippen LogP contribution in [0, 0.1) is 0 Å². The number of hydrogen-bond donors (Lipinski definition) is 1. The van der Waals surface area contributed by atoms with Crippen LogP contribution in [0.5, 0.6) is 0 Å². The van der Waals surface area contributed by atoms with Crippen LogP contribution in [-0.4, -0.2) is 13.1 Å². The van der Waals surface area contributed by atoms with Gasteiger partial charge in [-0.3, -0.25) is 0 Å². The van der Waals surface area contributed by atoms with Crippen LogP contribution in [0.1, 0.15) is 31.2 Å². The van der Waals surface area contributed by atoms with Crippen molar-refractivity contribution in [3.63, 3.8) is 0 Å². The number of nitrogens with zero attached hydrogens (tertiary/aromatic N) is 1. The molecule has 2 heteroatoms. The summed E-state index contributed by atoms with van der Waals surface area (Å²) < 4.78 is 0. The van der Waals surface area contributed by atoms with Crippen molar-refractivity contribution in [1.82, 2.24) is 0 Å². The fraction of sp³-hybridized carbons (Fsp3) is 0.538. The zero-order valence-electron chi connectivity index (χ0n) is 9.45. The lowest BCUT2D eigenvalue weighted by molar-refractivity contribution is 0.653.